The first-order chi connectivity index (χ1) is 7.83. The van der Waals surface area contributed by atoms with Crippen LogP contribution >= 0.6 is 11.8 Å². The van der Waals surface area contributed by atoms with Crippen molar-refractivity contribution >= 4 is 17.4 Å². The molecule has 1 aliphatic heterocycles. The fraction of sp³-hybridized carbons (Fsp3) is 0.556. The van der Waals surface area contributed by atoms with Gasteiger partial charge in [-0.3, -0.25) is 0 Å². The van der Waals surface area contributed by atoms with E-state index in [1.807, 2.05) is 12.1 Å². The second kappa shape index (κ2) is 3.99. The molecular formula is C9H11N5OS. The highest BCUT2D eigenvalue weighted by Crippen LogP contribution is 2.31. The van der Waals surface area contributed by atoms with Gasteiger partial charge in [-0.1, -0.05) is 11.8 Å². The lowest BCUT2D eigenvalue weighted by Crippen LogP contribution is -2.13. The average Bonchev–Trinajstić information content (AvgIpc) is 2.88. The SMILES string of the molecule is C[C@H]1OCC[C@H]1Sc1ccc2nnnn2n1. The standard InChI is InChI=1S/C9H11N5OS/c1-6-7(4-5-15-6)16-9-3-2-8-10-12-13-14(8)11-9/h2-3,6-7H,4-5H2,1H3/t6-,7-/m1/s1. The fourth-order valence-electron chi connectivity index (χ4n) is 1.72. The summed E-state index contributed by atoms with van der Waals surface area (Å²) in [5.41, 5.74) is 0.667. The van der Waals surface area contributed by atoms with E-state index in [1.165, 1.54) is 4.63 Å². The number of tetrazole rings is 1. The van der Waals surface area contributed by atoms with Crippen LogP contribution in [0.1, 0.15) is 13.3 Å². The Bertz CT molecular complexity index is 501. The minimum Gasteiger partial charge on any atom is -0.377 e. The summed E-state index contributed by atoms with van der Waals surface area (Å²) < 4.78 is 6.96. The molecule has 7 heteroatoms. The van der Waals surface area contributed by atoms with Gasteiger partial charge in [0.05, 0.1) is 6.10 Å². The predicted octanol–water partition coefficient (Wildman–Crippen LogP) is 0.789. The number of aromatic nitrogens is 5. The molecule has 0 unspecified atom stereocenters. The lowest BCUT2D eigenvalue weighted by Gasteiger charge is -2.11. The van der Waals surface area contributed by atoms with Crippen molar-refractivity contribution in [3.8, 4) is 0 Å². The highest BCUT2D eigenvalue weighted by atomic mass is 32.2. The minimum atomic E-state index is 0.288. The predicted molar refractivity (Wildman–Crippen MR) is 58.3 cm³/mol. The van der Waals surface area contributed by atoms with E-state index in [9.17, 15) is 0 Å². The summed E-state index contributed by atoms with van der Waals surface area (Å²) >= 11 is 1.73. The first-order valence-electron chi connectivity index (χ1n) is 5.16. The maximum Gasteiger partial charge on any atom is 0.200 e. The van der Waals surface area contributed by atoms with Crippen LogP contribution in [0, 0.1) is 0 Å². The number of ether oxygens (including phenoxy) is 1. The van der Waals surface area contributed by atoms with Crippen LogP contribution in [0.4, 0.5) is 0 Å². The van der Waals surface area contributed by atoms with Gasteiger partial charge in [-0.05, 0) is 35.9 Å². The van der Waals surface area contributed by atoms with E-state index in [0.717, 1.165) is 18.1 Å². The molecule has 3 rings (SSSR count). The number of hydrogen-bond donors (Lipinski definition) is 0. The van der Waals surface area contributed by atoms with Crippen molar-refractivity contribution in [1.29, 1.82) is 0 Å². The zero-order chi connectivity index (χ0) is 11.0. The molecule has 0 bridgehead atoms. The Morgan fingerprint density at radius 3 is 3.25 bits per heavy atom. The van der Waals surface area contributed by atoms with Gasteiger partial charge in [0.2, 0.25) is 0 Å². The molecule has 0 spiro atoms. The molecule has 1 saturated heterocycles. The van der Waals surface area contributed by atoms with Gasteiger partial charge in [-0.15, -0.1) is 14.8 Å². The van der Waals surface area contributed by atoms with Gasteiger partial charge >= 0.3 is 0 Å². The van der Waals surface area contributed by atoms with Crippen molar-refractivity contribution in [2.24, 2.45) is 0 Å². The van der Waals surface area contributed by atoms with Gasteiger partial charge in [-0.2, -0.15) is 0 Å². The van der Waals surface area contributed by atoms with Gasteiger partial charge in [0.1, 0.15) is 5.03 Å². The van der Waals surface area contributed by atoms with Crippen molar-refractivity contribution in [3.05, 3.63) is 12.1 Å². The average molecular weight is 237 g/mol. The molecule has 2 aromatic rings. The molecule has 2 atom stereocenters. The molecule has 3 heterocycles. The summed E-state index contributed by atoms with van der Waals surface area (Å²) in [5.74, 6) is 0. The van der Waals surface area contributed by atoms with E-state index in [2.05, 4.69) is 27.5 Å². The molecule has 0 aromatic carbocycles. The first kappa shape index (κ1) is 9.98. The number of rotatable bonds is 2. The molecule has 0 N–H and O–H groups in total. The number of nitrogens with zero attached hydrogens (tertiary/aromatic N) is 5. The number of fused-ring (bicyclic) bond motifs is 1. The zero-order valence-corrected chi connectivity index (χ0v) is 9.59. The Kier molecular flexibility index (Phi) is 2.49. The maximum absolute atomic E-state index is 5.51. The number of thioether (sulfide) groups is 1. The molecule has 6 nitrogen and oxygen atoms in total. The van der Waals surface area contributed by atoms with E-state index in [0.29, 0.717) is 10.9 Å². The van der Waals surface area contributed by atoms with Crippen LogP contribution in [-0.2, 0) is 4.74 Å². The Morgan fingerprint density at radius 2 is 2.44 bits per heavy atom. The monoisotopic (exact) mass is 237 g/mol. The van der Waals surface area contributed by atoms with Crippen molar-refractivity contribution in [1.82, 2.24) is 25.3 Å². The summed E-state index contributed by atoms with van der Waals surface area (Å²) in [6.45, 7) is 2.94. The first-order valence-corrected chi connectivity index (χ1v) is 6.04. The molecule has 0 saturated carbocycles. The Hall–Kier alpha value is -1.21. The third kappa shape index (κ3) is 1.76. The van der Waals surface area contributed by atoms with Gasteiger partial charge < -0.3 is 4.74 Å². The van der Waals surface area contributed by atoms with Gasteiger partial charge in [-0.25, -0.2) is 0 Å². The Balaban J connectivity index is 1.83. The van der Waals surface area contributed by atoms with Crippen molar-refractivity contribution in [2.45, 2.75) is 29.7 Å². The highest BCUT2D eigenvalue weighted by molar-refractivity contribution is 7.99. The highest BCUT2D eigenvalue weighted by Gasteiger charge is 2.25. The van der Waals surface area contributed by atoms with Crippen LogP contribution < -0.4 is 0 Å². The van der Waals surface area contributed by atoms with Crippen LogP contribution in [0.2, 0.25) is 0 Å². The number of hydrogen-bond acceptors (Lipinski definition) is 6. The van der Waals surface area contributed by atoms with Crippen LogP contribution in [-0.4, -0.2) is 43.2 Å². The third-order valence-corrected chi connectivity index (χ3v) is 4.00. The second-order valence-electron chi connectivity index (χ2n) is 3.72. The summed E-state index contributed by atoms with van der Waals surface area (Å²) in [6.07, 6.45) is 1.36. The van der Waals surface area contributed by atoms with Gasteiger partial charge in [0.15, 0.2) is 5.65 Å². The van der Waals surface area contributed by atoms with E-state index >= 15 is 0 Å². The van der Waals surface area contributed by atoms with E-state index in [1.54, 1.807) is 11.8 Å². The Labute approximate surface area is 96.4 Å². The van der Waals surface area contributed by atoms with Crippen LogP contribution in [0.3, 0.4) is 0 Å². The lowest BCUT2D eigenvalue weighted by atomic mass is 10.3. The molecule has 1 fully saturated rings. The van der Waals surface area contributed by atoms with E-state index in [-0.39, 0.29) is 6.10 Å². The second-order valence-corrected chi connectivity index (χ2v) is 4.98. The van der Waals surface area contributed by atoms with Crippen molar-refractivity contribution < 1.29 is 4.74 Å². The van der Waals surface area contributed by atoms with Crippen LogP contribution in [0.15, 0.2) is 17.2 Å². The third-order valence-electron chi connectivity index (χ3n) is 2.62. The summed E-state index contributed by atoms with van der Waals surface area (Å²) in [5, 5.41) is 16.9. The topological polar surface area (TPSA) is 65.2 Å². The molecular weight excluding hydrogens is 226 g/mol. The summed E-state index contributed by atoms with van der Waals surface area (Å²) in [4.78, 5) is 0. The van der Waals surface area contributed by atoms with Crippen LogP contribution in [0.25, 0.3) is 5.65 Å². The van der Waals surface area contributed by atoms with Gasteiger partial charge in [0, 0.05) is 11.9 Å². The molecule has 84 valence electrons. The zero-order valence-electron chi connectivity index (χ0n) is 8.78. The molecule has 0 radical (unpaired) electrons. The maximum atomic E-state index is 5.51. The normalized spacial score (nSPS) is 25.3. The minimum absolute atomic E-state index is 0.288. The molecule has 1 aliphatic rings. The molecule has 0 aliphatic carbocycles. The fourth-order valence-corrected chi connectivity index (χ4v) is 2.78. The quantitative estimate of drug-likeness (QED) is 0.769. The Morgan fingerprint density at radius 1 is 1.50 bits per heavy atom. The lowest BCUT2D eigenvalue weighted by molar-refractivity contribution is 0.127. The van der Waals surface area contributed by atoms with Crippen molar-refractivity contribution in [2.75, 3.05) is 6.61 Å². The van der Waals surface area contributed by atoms with E-state index < -0.39 is 0 Å². The van der Waals surface area contributed by atoms with Gasteiger partial charge in [0.25, 0.3) is 0 Å². The van der Waals surface area contributed by atoms with Crippen molar-refractivity contribution in [3.63, 3.8) is 0 Å². The molecule has 0 amide bonds. The smallest absolute Gasteiger partial charge is 0.200 e. The van der Waals surface area contributed by atoms with E-state index in [4.69, 9.17) is 4.74 Å². The van der Waals surface area contributed by atoms with Crippen LogP contribution in [0.5, 0.6) is 0 Å². The largest absolute Gasteiger partial charge is 0.377 e. The molecule has 16 heavy (non-hydrogen) atoms. The summed E-state index contributed by atoms with van der Waals surface area (Å²) in [6, 6.07) is 3.82. The summed E-state index contributed by atoms with van der Waals surface area (Å²) in [7, 11) is 0. The molecule has 2 aromatic heterocycles.